The van der Waals surface area contributed by atoms with Gasteiger partial charge in [-0.15, -0.1) is 0 Å². The van der Waals surface area contributed by atoms with Crippen LogP contribution in [0.15, 0.2) is 41.7 Å². The number of nitrogens with zero attached hydrogens (tertiary/aromatic N) is 5. The molecule has 5 heterocycles. The Balaban J connectivity index is 1.41. The molecule has 30 heavy (non-hydrogen) atoms. The quantitative estimate of drug-likeness (QED) is 0.556. The van der Waals surface area contributed by atoms with Crippen molar-refractivity contribution in [3.63, 3.8) is 0 Å². The van der Waals surface area contributed by atoms with Gasteiger partial charge in [-0.25, -0.2) is 19.3 Å². The minimum absolute atomic E-state index is 0.0615. The van der Waals surface area contributed by atoms with Crippen molar-refractivity contribution in [3.8, 4) is 11.4 Å². The minimum Gasteiger partial charge on any atom is -0.312 e. The second kappa shape index (κ2) is 6.18. The number of piperidine rings is 1. The van der Waals surface area contributed by atoms with E-state index in [1.807, 2.05) is 23.8 Å². The predicted molar refractivity (Wildman–Crippen MR) is 111 cm³/mol. The fourth-order valence-electron chi connectivity index (χ4n) is 4.67. The number of imidazole rings is 1. The third-order valence-corrected chi connectivity index (χ3v) is 6.41. The summed E-state index contributed by atoms with van der Waals surface area (Å²) < 4.78 is 17.9. The van der Waals surface area contributed by atoms with Crippen LogP contribution in [0.2, 0.25) is 0 Å². The van der Waals surface area contributed by atoms with E-state index >= 15 is 0 Å². The molecule has 0 bridgehead atoms. The van der Waals surface area contributed by atoms with Crippen LogP contribution >= 0.6 is 0 Å². The van der Waals surface area contributed by atoms with Gasteiger partial charge in [-0.05, 0) is 51.3 Å². The van der Waals surface area contributed by atoms with Crippen molar-refractivity contribution in [2.75, 3.05) is 6.54 Å². The fourth-order valence-corrected chi connectivity index (χ4v) is 4.67. The molecular weight excluding hydrogens is 383 g/mol. The van der Waals surface area contributed by atoms with Gasteiger partial charge in [0.05, 0.1) is 16.6 Å². The molecule has 1 aliphatic carbocycles. The molecule has 1 aliphatic heterocycles. The number of halogens is 1. The van der Waals surface area contributed by atoms with Crippen LogP contribution in [0.5, 0.6) is 0 Å². The van der Waals surface area contributed by atoms with E-state index in [-0.39, 0.29) is 22.8 Å². The molecule has 8 heteroatoms. The van der Waals surface area contributed by atoms with Crippen molar-refractivity contribution < 1.29 is 4.39 Å². The number of aromatic nitrogens is 5. The highest BCUT2D eigenvalue weighted by Gasteiger charge is 2.46. The molecule has 1 saturated carbocycles. The summed E-state index contributed by atoms with van der Waals surface area (Å²) in [6, 6.07) is 3.44. The molecule has 1 N–H and O–H groups in total. The zero-order valence-electron chi connectivity index (χ0n) is 16.6. The molecule has 0 aromatic carbocycles. The predicted octanol–water partition coefficient (Wildman–Crippen LogP) is 3.01. The molecular formula is C22H21FN6O. The first kappa shape index (κ1) is 17.7. The summed E-state index contributed by atoms with van der Waals surface area (Å²) in [5, 5.41) is 4.08. The molecule has 2 aliphatic rings. The van der Waals surface area contributed by atoms with Crippen molar-refractivity contribution in [3.05, 3.63) is 58.8 Å². The molecule has 1 spiro atoms. The van der Waals surface area contributed by atoms with Gasteiger partial charge in [0.15, 0.2) is 17.3 Å². The van der Waals surface area contributed by atoms with Crippen LogP contribution in [0.4, 0.5) is 4.39 Å². The Hall–Kier alpha value is -3.13. The topological polar surface area (TPSA) is 77.1 Å². The van der Waals surface area contributed by atoms with Gasteiger partial charge in [0.2, 0.25) is 0 Å². The van der Waals surface area contributed by atoms with E-state index in [2.05, 4.69) is 20.3 Å². The lowest BCUT2D eigenvalue weighted by Crippen LogP contribution is -2.42. The number of fused-ring (bicyclic) bond motifs is 2. The Morgan fingerprint density at radius 1 is 1.27 bits per heavy atom. The number of rotatable bonds is 2. The van der Waals surface area contributed by atoms with Gasteiger partial charge in [-0.2, -0.15) is 0 Å². The smallest absolute Gasteiger partial charge is 0.261 e. The molecule has 152 valence electrons. The minimum atomic E-state index is -0.431. The fraction of sp³-hybridized carbons (Fsp3) is 0.364. The number of nitrogens with one attached hydrogen (secondary N) is 1. The molecule has 1 unspecified atom stereocenters. The van der Waals surface area contributed by atoms with E-state index in [9.17, 15) is 9.18 Å². The van der Waals surface area contributed by atoms with Crippen LogP contribution in [0.1, 0.15) is 37.4 Å². The van der Waals surface area contributed by atoms with Crippen LogP contribution in [0, 0.1) is 12.7 Å². The number of aryl methyl sites for hydroxylation is 1. The van der Waals surface area contributed by atoms with Crippen molar-refractivity contribution in [1.82, 2.24) is 29.2 Å². The maximum atomic E-state index is 14.5. The molecule has 2 fully saturated rings. The highest BCUT2D eigenvalue weighted by Crippen LogP contribution is 2.45. The first-order valence-corrected chi connectivity index (χ1v) is 10.3. The number of hydrogen-bond donors (Lipinski definition) is 1. The number of hydrogen-bond acceptors (Lipinski definition) is 5. The zero-order chi connectivity index (χ0) is 20.5. The highest BCUT2D eigenvalue weighted by atomic mass is 19.1. The lowest BCUT2D eigenvalue weighted by molar-refractivity contribution is 0.282. The highest BCUT2D eigenvalue weighted by molar-refractivity contribution is 5.78. The zero-order valence-corrected chi connectivity index (χ0v) is 16.6. The van der Waals surface area contributed by atoms with Crippen LogP contribution < -0.4 is 10.9 Å². The van der Waals surface area contributed by atoms with Gasteiger partial charge in [-0.1, -0.05) is 0 Å². The van der Waals surface area contributed by atoms with E-state index in [4.69, 9.17) is 0 Å². The second-order valence-electron chi connectivity index (χ2n) is 8.56. The molecule has 7 nitrogen and oxygen atoms in total. The number of pyridine rings is 2. The Bertz CT molecular complexity index is 1370. The summed E-state index contributed by atoms with van der Waals surface area (Å²) in [5.41, 5.74) is 2.29. The van der Waals surface area contributed by atoms with E-state index in [1.54, 1.807) is 23.0 Å². The van der Waals surface area contributed by atoms with Gasteiger partial charge in [0, 0.05) is 41.9 Å². The summed E-state index contributed by atoms with van der Waals surface area (Å²) in [7, 11) is 0. The van der Waals surface area contributed by atoms with Gasteiger partial charge < -0.3 is 14.3 Å². The van der Waals surface area contributed by atoms with Crippen LogP contribution in [-0.4, -0.2) is 36.0 Å². The standard InChI is InChI=1S/C22H21FN6O/c1-13-11-28-12-14(8-17(23)20(28)26-13)19-24-10-16-18(27-19)3-7-29(21(16)30)15-2-6-25-22(9-15)4-5-22/h3,7-8,10-12,15,25H,2,4-6,9H2,1H3. The van der Waals surface area contributed by atoms with Crippen molar-refractivity contribution in [1.29, 1.82) is 0 Å². The van der Waals surface area contributed by atoms with Gasteiger partial charge in [0.25, 0.3) is 5.56 Å². The lowest BCUT2D eigenvalue weighted by Gasteiger charge is -2.31. The van der Waals surface area contributed by atoms with Crippen molar-refractivity contribution in [2.24, 2.45) is 0 Å². The third-order valence-electron chi connectivity index (χ3n) is 6.41. The van der Waals surface area contributed by atoms with Crippen LogP contribution in [0.25, 0.3) is 27.9 Å². The Labute approximate surface area is 171 Å². The SMILES string of the molecule is Cc1cn2cc(-c3ncc4c(=O)n(C5CCNC6(CC6)C5)ccc4n3)cc(F)c2n1. The molecule has 6 rings (SSSR count). The molecule has 1 atom stereocenters. The van der Waals surface area contributed by atoms with Crippen LogP contribution in [-0.2, 0) is 0 Å². The largest absolute Gasteiger partial charge is 0.312 e. The second-order valence-corrected chi connectivity index (χ2v) is 8.56. The van der Waals surface area contributed by atoms with Gasteiger partial charge in [-0.3, -0.25) is 4.79 Å². The molecule has 0 amide bonds. The van der Waals surface area contributed by atoms with E-state index < -0.39 is 5.82 Å². The summed E-state index contributed by atoms with van der Waals surface area (Å²) in [6.07, 6.45) is 11.2. The molecule has 4 aromatic heterocycles. The summed E-state index contributed by atoms with van der Waals surface area (Å²) >= 11 is 0. The van der Waals surface area contributed by atoms with Gasteiger partial charge in [0.1, 0.15) is 0 Å². The monoisotopic (exact) mass is 404 g/mol. The Kier molecular flexibility index (Phi) is 3.65. The molecule has 0 radical (unpaired) electrons. The molecule has 1 saturated heterocycles. The summed E-state index contributed by atoms with van der Waals surface area (Å²) in [4.78, 5) is 26.2. The van der Waals surface area contributed by atoms with E-state index in [1.165, 1.54) is 18.9 Å². The van der Waals surface area contributed by atoms with Crippen molar-refractivity contribution in [2.45, 2.75) is 44.2 Å². The Morgan fingerprint density at radius 3 is 2.97 bits per heavy atom. The Morgan fingerprint density at radius 2 is 2.13 bits per heavy atom. The summed E-state index contributed by atoms with van der Waals surface area (Å²) in [6.45, 7) is 2.75. The first-order valence-electron chi connectivity index (χ1n) is 10.3. The summed E-state index contributed by atoms with van der Waals surface area (Å²) in [5.74, 6) is -0.0507. The average Bonchev–Trinajstić information content (AvgIpc) is 3.35. The van der Waals surface area contributed by atoms with Gasteiger partial charge >= 0.3 is 0 Å². The van der Waals surface area contributed by atoms with Crippen LogP contribution in [0.3, 0.4) is 0 Å². The lowest BCUT2D eigenvalue weighted by atomic mass is 9.97. The average molecular weight is 404 g/mol. The maximum Gasteiger partial charge on any atom is 0.261 e. The van der Waals surface area contributed by atoms with E-state index in [0.29, 0.717) is 22.3 Å². The normalized spacial score (nSPS) is 20.3. The molecule has 4 aromatic rings. The maximum absolute atomic E-state index is 14.5. The third kappa shape index (κ3) is 2.74. The van der Waals surface area contributed by atoms with E-state index in [0.717, 1.165) is 25.1 Å². The van der Waals surface area contributed by atoms with Crippen molar-refractivity contribution >= 4 is 16.6 Å². The first-order chi connectivity index (χ1) is 14.5.